The van der Waals surface area contributed by atoms with Crippen molar-refractivity contribution >= 4 is 39.4 Å². The molecule has 0 bridgehead atoms. The van der Waals surface area contributed by atoms with E-state index in [9.17, 15) is 4.79 Å². The topological polar surface area (TPSA) is 17.1 Å². The molecule has 0 heterocycles. The molecule has 1 nitrogen and oxygen atoms in total. The molecule has 0 radical (unpaired) electrons. The molecule has 1 unspecified atom stereocenters. The lowest BCUT2D eigenvalue weighted by molar-refractivity contribution is -0.112. The molecule has 0 aliphatic rings. The van der Waals surface area contributed by atoms with E-state index in [0.717, 1.165) is 9.13 Å². The maximum atomic E-state index is 10.9. The van der Waals surface area contributed by atoms with Crippen LogP contribution in [0.25, 0.3) is 0 Å². The fourth-order valence-corrected chi connectivity index (χ4v) is 1.92. The first kappa shape index (κ1) is 9.99. The van der Waals surface area contributed by atoms with E-state index in [1.54, 1.807) is 0 Å². The predicted molar refractivity (Wildman–Crippen MR) is 58.4 cm³/mol. The highest BCUT2D eigenvalue weighted by atomic mass is 127. The summed E-state index contributed by atoms with van der Waals surface area (Å²) in [4.78, 5) is 10.9. The molecular weight excluding hydrogens is 286 g/mol. The van der Waals surface area contributed by atoms with Gasteiger partial charge in [-0.25, -0.2) is 0 Å². The number of carbonyl (C=O) groups is 1. The Kier molecular flexibility index (Phi) is 3.53. The van der Waals surface area contributed by atoms with Crippen molar-refractivity contribution in [1.29, 1.82) is 0 Å². The molecule has 1 aromatic carbocycles. The van der Waals surface area contributed by atoms with Crippen LogP contribution < -0.4 is 0 Å². The first-order valence-electron chi connectivity index (χ1n) is 3.56. The Bertz CT molecular complexity index is 298. The normalized spacial score (nSPS) is 12.6. The van der Waals surface area contributed by atoms with Gasteiger partial charge in [0.15, 0.2) is 0 Å². The largest absolute Gasteiger partial charge is 0.281 e. The van der Waals surface area contributed by atoms with Gasteiger partial charge >= 0.3 is 0 Å². The minimum atomic E-state index is -0.306. The summed E-state index contributed by atoms with van der Waals surface area (Å²) in [5.41, 5.74) is 0.998. The van der Waals surface area contributed by atoms with Crippen molar-refractivity contribution in [3.8, 4) is 0 Å². The second-order valence-electron chi connectivity index (χ2n) is 2.55. The lowest BCUT2D eigenvalue weighted by Crippen LogP contribution is -2.03. The number of halogens is 2. The number of rotatable bonds is 2. The summed E-state index contributed by atoms with van der Waals surface area (Å²) in [7, 11) is 0. The fourth-order valence-electron chi connectivity index (χ4n) is 0.949. The highest BCUT2D eigenvalue weighted by Gasteiger charge is 2.14. The van der Waals surface area contributed by atoms with E-state index in [1.165, 1.54) is 0 Å². The van der Waals surface area contributed by atoms with E-state index in [1.807, 2.05) is 31.2 Å². The summed E-state index contributed by atoms with van der Waals surface area (Å²) in [5.74, 6) is -0.209. The smallest absolute Gasteiger partial charge is 0.228 e. The van der Waals surface area contributed by atoms with E-state index in [2.05, 4.69) is 22.6 Å². The highest BCUT2D eigenvalue weighted by molar-refractivity contribution is 14.1. The number of benzene rings is 1. The van der Waals surface area contributed by atoms with Crippen LogP contribution in [0.15, 0.2) is 24.3 Å². The lowest BCUT2D eigenvalue weighted by atomic mass is 10.0. The summed E-state index contributed by atoms with van der Waals surface area (Å²) in [6.45, 7) is 1.81. The van der Waals surface area contributed by atoms with Crippen LogP contribution >= 0.6 is 34.2 Å². The maximum absolute atomic E-state index is 10.9. The Morgan fingerprint density at radius 2 is 2.08 bits per heavy atom. The molecule has 12 heavy (non-hydrogen) atoms. The zero-order chi connectivity index (χ0) is 9.14. The van der Waals surface area contributed by atoms with E-state index >= 15 is 0 Å². The molecule has 1 aromatic rings. The summed E-state index contributed by atoms with van der Waals surface area (Å²) in [6.07, 6.45) is 0. The molecule has 64 valence electrons. The maximum Gasteiger partial charge on any atom is 0.228 e. The molecule has 0 saturated heterocycles. The van der Waals surface area contributed by atoms with Crippen LogP contribution in [-0.2, 0) is 4.79 Å². The zero-order valence-corrected chi connectivity index (χ0v) is 9.46. The van der Waals surface area contributed by atoms with Gasteiger partial charge in [-0.3, -0.25) is 4.79 Å². The van der Waals surface area contributed by atoms with Crippen LogP contribution in [0.5, 0.6) is 0 Å². The minimum absolute atomic E-state index is 0.209. The summed E-state index contributed by atoms with van der Waals surface area (Å²) in [6, 6.07) is 7.74. The molecule has 1 atom stereocenters. The Morgan fingerprint density at radius 3 is 2.58 bits per heavy atom. The van der Waals surface area contributed by atoms with Crippen LogP contribution in [0, 0.1) is 3.57 Å². The fraction of sp³-hybridized carbons (Fsp3) is 0.222. The van der Waals surface area contributed by atoms with Crippen LogP contribution in [0.4, 0.5) is 0 Å². The van der Waals surface area contributed by atoms with Crippen molar-refractivity contribution in [2.45, 2.75) is 12.8 Å². The Morgan fingerprint density at radius 1 is 1.50 bits per heavy atom. The third kappa shape index (κ3) is 2.20. The number of carbonyl (C=O) groups excluding carboxylic acids is 1. The minimum Gasteiger partial charge on any atom is -0.281 e. The highest BCUT2D eigenvalue weighted by Crippen LogP contribution is 2.22. The summed E-state index contributed by atoms with van der Waals surface area (Å²) in [5, 5.41) is -0.306. The quantitative estimate of drug-likeness (QED) is 0.605. The molecule has 0 saturated carbocycles. The van der Waals surface area contributed by atoms with Gasteiger partial charge in [0.1, 0.15) is 0 Å². The van der Waals surface area contributed by atoms with Crippen molar-refractivity contribution in [2.24, 2.45) is 0 Å². The second-order valence-corrected chi connectivity index (χ2v) is 4.08. The van der Waals surface area contributed by atoms with E-state index in [-0.39, 0.29) is 11.2 Å². The van der Waals surface area contributed by atoms with Gasteiger partial charge in [-0.05, 0) is 45.8 Å². The molecule has 0 aliphatic carbocycles. The van der Waals surface area contributed by atoms with Gasteiger partial charge in [-0.1, -0.05) is 25.1 Å². The van der Waals surface area contributed by atoms with Crippen LogP contribution in [0.2, 0.25) is 0 Å². The van der Waals surface area contributed by atoms with Crippen molar-refractivity contribution < 1.29 is 4.79 Å². The average Bonchev–Trinajstić information content (AvgIpc) is 2.04. The molecule has 1 rings (SSSR count). The van der Waals surface area contributed by atoms with Crippen molar-refractivity contribution in [3.63, 3.8) is 0 Å². The molecule has 0 aliphatic heterocycles. The van der Waals surface area contributed by atoms with Gasteiger partial charge in [0.05, 0.1) is 5.92 Å². The molecule has 0 N–H and O–H groups in total. The molecule has 0 spiro atoms. The van der Waals surface area contributed by atoms with Gasteiger partial charge in [0, 0.05) is 3.57 Å². The van der Waals surface area contributed by atoms with E-state index < -0.39 is 0 Å². The molecule has 0 fully saturated rings. The van der Waals surface area contributed by atoms with Crippen LogP contribution in [0.1, 0.15) is 18.4 Å². The van der Waals surface area contributed by atoms with Crippen LogP contribution in [-0.4, -0.2) is 5.24 Å². The van der Waals surface area contributed by atoms with E-state index in [4.69, 9.17) is 11.6 Å². The molecular formula is C9H8ClIO. The van der Waals surface area contributed by atoms with Gasteiger partial charge < -0.3 is 0 Å². The molecule has 0 amide bonds. The second kappa shape index (κ2) is 4.23. The van der Waals surface area contributed by atoms with E-state index in [0.29, 0.717) is 0 Å². The third-order valence-electron chi connectivity index (χ3n) is 1.71. The molecule has 3 heteroatoms. The number of hydrogen-bond donors (Lipinski definition) is 0. The predicted octanol–water partition coefficient (Wildman–Crippen LogP) is 3.16. The van der Waals surface area contributed by atoms with Crippen LogP contribution in [0.3, 0.4) is 0 Å². The first-order valence-corrected chi connectivity index (χ1v) is 5.02. The average molecular weight is 295 g/mol. The zero-order valence-electron chi connectivity index (χ0n) is 6.55. The lowest BCUT2D eigenvalue weighted by Gasteiger charge is -2.07. The number of hydrogen-bond acceptors (Lipinski definition) is 1. The summed E-state index contributed by atoms with van der Waals surface area (Å²) < 4.78 is 1.08. The summed E-state index contributed by atoms with van der Waals surface area (Å²) >= 11 is 7.59. The standard InChI is InChI=1S/C9H8ClIO/c1-6(9(10)12)7-4-2-3-5-8(7)11/h2-6H,1H3. The first-order chi connectivity index (χ1) is 5.63. The van der Waals surface area contributed by atoms with Crippen molar-refractivity contribution in [1.82, 2.24) is 0 Å². The Balaban J connectivity index is 3.02. The third-order valence-corrected chi connectivity index (χ3v) is 3.02. The van der Waals surface area contributed by atoms with Gasteiger partial charge in [-0.2, -0.15) is 0 Å². The Hall–Kier alpha value is -0.0900. The molecule has 0 aromatic heterocycles. The van der Waals surface area contributed by atoms with Gasteiger partial charge in [-0.15, -0.1) is 0 Å². The monoisotopic (exact) mass is 294 g/mol. The van der Waals surface area contributed by atoms with Gasteiger partial charge in [0.2, 0.25) is 5.24 Å². The van der Waals surface area contributed by atoms with Gasteiger partial charge in [0.25, 0.3) is 0 Å². The Labute approximate surface area is 90.3 Å². The SMILES string of the molecule is CC(C(=O)Cl)c1ccccc1I. The van der Waals surface area contributed by atoms with Crippen molar-refractivity contribution in [2.75, 3.05) is 0 Å². The van der Waals surface area contributed by atoms with Crippen molar-refractivity contribution in [3.05, 3.63) is 33.4 Å².